The summed E-state index contributed by atoms with van der Waals surface area (Å²) in [5, 5.41) is 9.64. The zero-order valence-corrected chi connectivity index (χ0v) is 15.8. The Bertz CT molecular complexity index is 961. The lowest BCUT2D eigenvalue weighted by molar-refractivity contribution is 0.0711. The number of rotatable bonds is 1. The molecule has 0 atom stereocenters. The predicted octanol–water partition coefficient (Wildman–Crippen LogP) is 2.87. The van der Waals surface area contributed by atoms with Crippen molar-refractivity contribution in [2.75, 3.05) is 13.1 Å². The Kier molecular flexibility index (Phi) is 4.53. The molecule has 6 nitrogen and oxygen atoms in total. The van der Waals surface area contributed by atoms with Gasteiger partial charge in [-0.2, -0.15) is 5.26 Å². The molecule has 0 saturated carbocycles. The molecule has 0 N–H and O–H groups in total. The van der Waals surface area contributed by atoms with Crippen molar-refractivity contribution in [3.63, 3.8) is 0 Å². The lowest BCUT2D eigenvalue weighted by atomic mass is 9.98. The summed E-state index contributed by atoms with van der Waals surface area (Å²) in [7, 11) is 0. The average Bonchev–Trinajstić information content (AvgIpc) is 2.83. The molecular weight excluding hydrogens is 348 g/mol. The zero-order valence-electron chi connectivity index (χ0n) is 15.0. The van der Waals surface area contributed by atoms with E-state index in [0.717, 1.165) is 56.5 Å². The van der Waals surface area contributed by atoms with Gasteiger partial charge in [0.2, 0.25) is 0 Å². The molecule has 26 heavy (non-hydrogen) atoms. The quantitative estimate of drug-likeness (QED) is 0.773. The van der Waals surface area contributed by atoms with E-state index in [1.165, 1.54) is 11.3 Å². The van der Waals surface area contributed by atoms with E-state index in [0.29, 0.717) is 28.2 Å². The van der Waals surface area contributed by atoms with Crippen LogP contribution in [0.4, 0.5) is 0 Å². The van der Waals surface area contributed by atoms with Crippen LogP contribution in [0.15, 0.2) is 4.79 Å². The summed E-state index contributed by atoms with van der Waals surface area (Å²) in [5.74, 6) is 0.876. The van der Waals surface area contributed by atoms with Crippen LogP contribution >= 0.6 is 11.3 Å². The molecule has 4 rings (SSSR count). The first-order chi connectivity index (χ1) is 12.6. The fourth-order valence-corrected chi connectivity index (χ4v) is 5.13. The van der Waals surface area contributed by atoms with Gasteiger partial charge < -0.3 is 4.90 Å². The molecule has 0 radical (unpaired) electrons. The van der Waals surface area contributed by atoms with E-state index >= 15 is 0 Å². The number of hydrogen-bond acceptors (Lipinski definition) is 5. The summed E-state index contributed by atoms with van der Waals surface area (Å²) in [6, 6.07) is 2.29. The van der Waals surface area contributed by atoms with Crippen molar-refractivity contribution < 1.29 is 4.79 Å². The molecule has 0 spiro atoms. The third-order valence-corrected chi connectivity index (χ3v) is 6.74. The number of amides is 1. The molecule has 0 bridgehead atoms. The number of thiophene rings is 1. The fourth-order valence-electron chi connectivity index (χ4n) is 3.97. The maximum absolute atomic E-state index is 13.0. The standard InChI is InChI=1S/C19H22N4O2S/c1-12-15-17(21-14-5-3-2-4-8-23(14)18(15)24)26-16(12)19(25)22-9-6-13(11-20)7-10-22/h13H,2-10H2,1H3. The number of carbonyl (C=O) groups is 1. The number of nitriles is 1. The number of aromatic nitrogens is 2. The van der Waals surface area contributed by atoms with Crippen LogP contribution in [-0.2, 0) is 13.0 Å². The van der Waals surface area contributed by atoms with E-state index < -0.39 is 0 Å². The van der Waals surface area contributed by atoms with Crippen LogP contribution < -0.4 is 5.56 Å². The van der Waals surface area contributed by atoms with Gasteiger partial charge in [-0.15, -0.1) is 11.3 Å². The molecule has 4 heterocycles. The van der Waals surface area contributed by atoms with E-state index in [1.54, 1.807) is 0 Å². The molecule has 2 aliphatic rings. The SMILES string of the molecule is Cc1c(C(=O)N2CCC(C#N)CC2)sc2nc3n(c(=O)c12)CCCCC3. The topological polar surface area (TPSA) is 79.0 Å². The summed E-state index contributed by atoms with van der Waals surface area (Å²) in [6.45, 7) is 3.79. The highest BCUT2D eigenvalue weighted by molar-refractivity contribution is 7.20. The van der Waals surface area contributed by atoms with Crippen LogP contribution in [0.1, 0.15) is 53.2 Å². The van der Waals surface area contributed by atoms with E-state index in [9.17, 15) is 9.59 Å². The molecular formula is C19H22N4O2S. The van der Waals surface area contributed by atoms with Gasteiger partial charge >= 0.3 is 0 Å². The predicted molar refractivity (Wildman–Crippen MR) is 100 cm³/mol. The van der Waals surface area contributed by atoms with Crippen molar-refractivity contribution in [2.45, 2.75) is 52.0 Å². The maximum atomic E-state index is 13.0. The van der Waals surface area contributed by atoms with Crippen LogP contribution in [0.3, 0.4) is 0 Å². The van der Waals surface area contributed by atoms with E-state index in [4.69, 9.17) is 10.2 Å². The third-order valence-electron chi connectivity index (χ3n) is 5.57. The monoisotopic (exact) mass is 370 g/mol. The van der Waals surface area contributed by atoms with Gasteiger partial charge in [0.25, 0.3) is 11.5 Å². The first-order valence-corrected chi connectivity index (χ1v) is 10.1. The minimum Gasteiger partial charge on any atom is -0.338 e. The Morgan fingerprint density at radius 3 is 2.73 bits per heavy atom. The van der Waals surface area contributed by atoms with Gasteiger partial charge in [-0.1, -0.05) is 6.42 Å². The van der Waals surface area contributed by atoms with Crippen molar-refractivity contribution in [3.05, 3.63) is 26.6 Å². The number of hydrogen-bond donors (Lipinski definition) is 0. The van der Waals surface area contributed by atoms with Crippen molar-refractivity contribution in [1.82, 2.24) is 14.5 Å². The minimum absolute atomic E-state index is 0.00267. The summed E-state index contributed by atoms with van der Waals surface area (Å²) in [4.78, 5) is 33.9. The fraction of sp³-hybridized carbons (Fsp3) is 0.579. The summed E-state index contributed by atoms with van der Waals surface area (Å²) < 4.78 is 1.81. The lowest BCUT2D eigenvalue weighted by Gasteiger charge is -2.28. The smallest absolute Gasteiger partial charge is 0.264 e. The first-order valence-electron chi connectivity index (χ1n) is 9.32. The third kappa shape index (κ3) is 2.82. The van der Waals surface area contributed by atoms with Gasteiger partial charge in [0, 0.05) is 32.0 Å². The molecule has 1 fully saturated rings. The van der Waals surface area contributed by atoms with Crippen molar-refractivity contribution in [1.29, 1.82) is 5.26 Å². The maximum Gasteiger partial charge on any atom is 0.264 e. The van der Waals surface area contributed by atoms with Crippen LogP contribution in [0.5, 0.6) is 0 Å². The van der Waals surface area contributed by atoms with Gasteiger partial charge in [-0.05, 0) is 38.2 Å². The number of nitrogens with zero attached hydrogens (tertiary/aromatic N) is 4. The Morgan fingerprint density at radius 1 is 1.23 bits per heavy atom. The normalized spacial score (nSPS) is 18.4. The molecule has 2 aliphatic heterocycles. The highest BCUT2D eigenvalue weighted by atomic mass is 32.1. The minimum atomic E-state index is -0.0264. The summed E-state index contributed by atoms with van der Waals surface area (Å²) in [5.41, 5.74) is 0.761. The van der Waals surface area contributed by atoms with Crippen molar-refractivity contribution in [2.24, 2.45) is 5.92 Å². The molecule has 136 valence electrons. The first kappa shape index (κ1) is 17.2. The molecule has 1 amide bonds. The van der Waals surface area contributed by atoms with Crippen LogP contribution in [0.2, 0.25) is 0 Å². The van der Waals surface area contributed by atoms with Gasteiger partial charge in [0.15, 0.2) is 0 Å². The van der Waals surface area contributed by atoms with Crippen molar-refractivity contribution in [3.8, 4) is 6.07 Å². The molecule has 0 aromatic carbocycles. The Labute approximate surface area is 156 Å². The molecule has 1 saturated heterocycles. The number of fused-ring (bicyclic) bond motifs is 2. The van der Waals surface area contributed by atoms with E-state index in [1.807, 2.05) is 16.4 Å². The molecule has 2 aromatic heterocycles. The zero-order chi connectivity index (χ0) is 18.3. The largest absolute Gasteiger partial charge is 0.338 e. The van der Waals surface area contributed by atoms with Crippen molar-refractivity contribution >= 4 is 27.5 Å². The second kappa shape index (κ2) is 6.84. The van der Waals surface area contributed by atoms with Gasteiger partial charge in [0.1, 0.15) is 10.7 Å². The van der Waals surface area contributed by atoms with Crippen LogP contribution in [0, 0.1) is 24.2 Å². The summed E-state index contributed by atoms with van der Waals surface area (Å²) >= 11 is 1.35. The van der Waals surface area contributed by atoms with Crippen LogP contribution in [-0.4, -0.2) is 33.4 Å². The molecule has 0 unspecified atom stereocenters. The van der Waals surface area contributed by atoms with Crippen LogP contribution in [0.25, 0.3) is 10.2 Å². The Morgan fingerprint density at radius 2 is 2.00 bits per heavy atom. The molecule has 0 aliphatic carbocycles. The number of piperidine rings is 1. The van der Waals surface area contributed by atoms with Gasteiger partial charge in [-0.3, -0.25) is 14.2 Å². The summed E-state index contributed by atoms with van der Waals surface area (Å²) in [6.07, 6.45) is 5.46. The Balaban J connectivity index is 1.72. The van der Waals surface area contributed by atoms with E-state index in [-0.39, 0.29) is 17.4 Å². The molecule has 7 heteroatoms. The van der Waals surface area contributed by atoms with E-state index in [2.05, 4.69) is 6.07 Å². The number of aryl methyl sites for hydroxylation is 2. The second-order valence-corrected chi connectivity index (χ2v) is 8.23. The Hall–Kier alpha value is -2.20. The highest BCUT2D eigenvalue weighted by Gasteiger charge is 2.28. The highest BCUT2D eigenvalue weighted by Crippen LogP contribution is 2.30. The lowest BCUT2D eigenvalue weighted by Crippen LogP contribution is -2.38. The average molecular weight is 370 g/mol. The second-order valence-electron chi connectivity index (χ2n) is 7.23. The number of carbonyl (C=O) groups excluding carboxylic acids is 1. The molecule has 2 aromatic rings. The van der Waals surface area contributed by atoms with Gasteiger partial charge in [0.05, 0.1) is 16.3 Å². The number of likely N-dealkylation sites (tertiary alicyclic amines) is 1. The van der Waals surface area contributed by atoms with Gasteiger partial charge in [-0.25, -0.2) is 4.98 Å².